The first-order chi connectivity index (χ1) is 7.31. The number of carbonyl (C=O) groups excluding carboxylic acids is 1. The van der Waals surface area contributed by atoms with Crippen LogP contribution in [0.4, 0.5) is 0 Å². The topological polar surface area (TPSA) is 55.1 Å². The van der Waals surface area contributed by atoms with E-state index in [0.29, 0.717) is 5.56 Å². The summed E-state index contributed by atoms with van der Waals surface area (Å²) in [5, 5.41) is 0. The van der Waals surface area contributed by atoms with E-state index >= 15 is 0 Å². The first-order valence-corrected chi connectivity index (χ1v) is 5.11. The Morgan fingerprint density at radius 1 is 1.40 bits per heavy atom. The third-order valence-electron chi connectivity index (χ3n) is 2.65. The monoisotopic (exact) mass is 202 g/mol. The average Bonchev–Trinajstić information content (AvgIpc) is 2.51. The molecule has 3 nitrogen and oxygen atoms in total. The van der Waals surface area contributed by atoms with Gasteiger partial charge in [-0.1, -0.05) is 18.2 Å². The second-order valence-corrected chi connectivity index (χ2v) is 3.68. The molecule has 0 saturated heterocycles. The van der Waals surface area contributed by atoms with Gasteiger partial charge in [-0.25, -0.2) is 5.84 Å². The number of aryl methyl sites for hydroxylation is 1. The SMILES string of the molecule is NNC(=O)c1ccc2c(c1)CCCC=C2. The van der Waals surface area contributed by atoms with Crippen molar-refractivity contribution in [2.75, 3.05) is 0 Å². The number of hydrogen-bond acceptors (Lipinski definition) is 2. The van der Waals surface area contributed by atoms with Gasteiger partial charge in [0.25, 0.3) is 5.91 Å². The summed E-state index contributed by atoms with van der Waals surface area (Å²) < 4.78 is 0. The Morgan fingerprint density at radius 2 is 2.27 bits per heavy atom. The summed E-state index contributed by atoms with van der Waals surface area (Å²) in [5.41, 5.74) is 5.21. The summed E-state index contributed by atoms with van der Waals surface area (Å²) in [5.74, 6) is 4.87. The molecule has 0 heterocycles. The van der Waals surface area contributed by atoms with Crippen LogP contribution in [0.5, 0.6) is 0 Å². The second-order valence-electron chi connectivity index (χ2n) is 3.68. The van der Waals surface area contributed by atoms with E-state index in [1.54, 1.807) is 6.07 Å². The summed E-state index contributed by atoms with van der Waals surface area (Å²) in [7, 11) is 0. The largest absolute Gasteiger partial charge is 0.290 e. The van der Waals surface area contributed by atoms with Crippen LogP contribution < -0.4 is 11.3 Å². The number of carbonyl (C=O) groups is 1. The van der Waals surface area contributed by atoms with Crippen molar-refractivity contribution in [3.05, 3.63) is 41.0 Å². The van der Waals surface area contributed by atoms with Crippen LogP contribution in [0.1, 0.15) is 34.3 Å². The molecule has 1 aromatic rings. The highest BCUT2D eigenvalue weighted by Crippen LogP contribution is 2.20. The molecule has 1 aromatic carbocycles. The Labute approximate surface area is 88.9 Å². The number of hydrazine groups is 1. The first kappa shape index (κ1) is 9.93. The lowest BCUT2D eigenvalue weighted by atomic mass is 10.0. The lowest BCUT2D eigenvalue weighted by Crippen LogP contribution is -2.30. The maximum absolute atomic E-state index is 11.3. The minimum atomic E-state index is -0.231. The van der Waals surface area contributed by atoms with E-state index in [4.69, 9.17) is 5.84 Å². The highest BCUT2D eigenvalue weighted by Gasteiger charge is 2.08. The lowest BCUT2D eigenvalue weighted by molar-refractivity contribution is 0.0953. The lowest BCUT2D eigenvalue weighted by Gasteiger charge is -2.06. The summed E-state index contributed by atoms with van der Waals surface area (Å²) in [4.78, 5) is 11.3. The quantitative estimate of drug-likeness (QED) is 0.413. The van der Waals surface area contributed by atoms with Crippen molar-refractivity contribution in [1.29, 1.82) is 0 Å². The Bertz CT molecular complexity index is 410. The zero-order valence-corrected chi connectivity index (χ0v) is 8.49. The third-order valence-corrected chi connectivity index (χ3v) is 2.65. The Morgan fingerprint density at radius 3 is 3.07 bits per heavy atom. The fourth-order valence-corrected chi connectivity index (χ4v) is 1.83. The van der Waals surface area contributed by atoms with Crippen molar-refractivity contribution in [3.63, 3.8) is 0 Å². The molecule has 0 fully saturated rings. The number of hydrogen-bond donors (Lipinski definition) is 2. The zero-order chi connectivity index (χ0) is 10.7. The Balaban J connectivity index is 2.37. The fourth-order valence-electron chi connectivity index (χ4n) is 1.83. The minimum Gasteiger partial charge on any atom is -0.290 e. The predicted molar refractivity (Wildman–Crippen MR) is 60.1 cm³/mol. The van der Waals surface area contributed by atoms with Gasteiger partial charge < -0.3 is 0 Å². The molecular weight excluding hydrogens is 188 g/mol. The van der Waals surface area contributed by atoms with Crippen LogP contribution in [0, 0.1) is 0 Å². The normalized spacial score (nSPS) is 14.2. The van der Waals surface area contributed by atoms with E-state index in [1.165, 1.54) is 11.1 Å². The van der Waals surface area contributed by atoms with Gasteiger partial charge in [0.1, 0.15) is 0 Å². The molecule has 3 heteroatoms. The van der Waals surface area contributed by atoms with Gasteiger partial charge in [0.05, 0.1) is 0 Å². The number of nitrogens with one attached hydrogen (secondary N) is 1. The van der Waals surface area contributed by atoms with E-state index in [1.807, 2.05) is 12.1 Å². The molecule has 0 bridgehead atoms. The summed E-state index contributed by atoms with van der Waals surface area (Å²) in [6, 6.07) is 5.70. The molecule has 0 spiro atoms. The van der Waals surface area contributed by atoms with E-state index in [2.05, 4.69) is 17.6 Å². The molecular formula is C12H14N2O. The molecule has 0 atom stereocenters. The van der Waals surface area contributed by atoms with Gasteiger partial charge in [0.2, 0.25) is 0 Å². The number of fused-ring (bicyclic) bond motifs is 1. The summed E-state index contributed by atoms with van der Waals surface area (Å²) in [6.45, 7) is 0. The van der Waals surface area contributed by atoms with Gasteiger partial charge in [0.15, 0.2) is 0 Å². The van der Waals surface area contributed by atoms with Crippen LogP contribution in [0.2, 0.25) is 0 Å². The van der Waals surface area contributed by atoms with Crippen LogP contribution in [0.25, 0.3) is 6.08 Å². The Hall–Kier alpha value is -1.61. The van der Waals surface area contributed by atoms with Crippen LogP contribution in [-0.4, -0.2) is 5.91 Å². The van der Waals surface area contributed by atoms with Crippen molar-refractivity contribution >= 4 is 12.0 Å². The molecule has 0 unspecified atom stereocenters. The number of rotatable bonds is 1. The predicted octanol–water partition coefficient (Wildman–Crippen LogP) is 1.64. The molecule has 3 N–H and O–H groups in total. The average molecular weight is 202 g/mol. The zero-order valence-electron chi connectivity index (χ0n) is 8.49. The van der Waals surface area contributed by atoms with E-state index in [0.717, 1.165) is 19.3 Å². The van der Waals surface area contributed by atoms with Gasteiger partial charge >= 0.3 is 0 Å². The number of amides is 1. The molecule has 0 aliphatic heterocycles. The van der Waals surface area contributed by atoms with Crippen LogP contribution in [0.3, 0.4) is 0 Å². The summed E-state index contributed by atoms with van der Waals surface area (Å²) in [6.07, 6.45) is 7.55. The fraction of sp³-hybridized carbons (Fsp3) is 0.250. The van der Waals surface area contributed by atoms with Crippen molar-refractivity contribution in [1.82, 2.24) is 5.43 Å². The van der Waals surface area contributed by atoms with Crippen LogP contribution >= 0.6 is 0 Å². The molecule has 78 valence electrons. The van der Waals surface area contributed by atoms with Gasteiger partial charge in [-0.2, -0.15) is 0 Å². The van der Waals surface area contributed by atoms with Crippen molar-refractivity contribution in [2.24, 2.45) is 5.84 Å². The van der Waals surface area contributed by atoms with Crippen LogP contribution in [0.15, 0.2) is 24.3 Å². The molecule has 0 aromatic heterocycles. The number of benzene rings is 1. The second kappa shape index (κ2) is 4.28. The van der Waals surface area contributed by atoms with E-state index in [-0.39, 0.29) is 5.91 Å². The van der Waals surface area contributed by atoms with E-state index < -0.39 is 0 Å². The Kier molecular flexibility index (Phi) is 2.83. The first-order valence-electron chi connectivity index (χ1n) is 5.11. The van der Waals surface area contributed by atoms with E-state index in [9.17, 15) is 4.79 Å². The maximum atomic E-state index is 11.3. The van der Waals surface area contributed by atoms with Crippen molar-refractivity contribution in [2.45, 2.75) is 19.3 Å². The van der Waals surface area contributed by atoms with Crippen molar-refractivity contribution < 1.29 is 4.79 Å². The highest BCUT2D eigenvalue weighted by molar-refractivity contribution is 5.94. The molecule has 15 heavy (non-hydrogen) atoms. The standard InChI is InChI=1S/C12H14N2O/c13-14-12(15)11-7-6-9-4-2-1-3-5-10(9)8-11/h2,4,6-8H,1,3,5,13H2,(H,14,15). The van der Waals surface area contributed by atoms with Crippen LogP contribution in [-0.2, 0) is 6.42 Å². The number of allylic oxidation sites excluding steroid dienone is 1. The highest BCUT2D eigenvalue weighted by atomic mass is 16.2. The molecule has 1 amide bonds. The number of nitrogen functional groups attached to an aromatic ring is 1. The summed E-state index contributed by atoms with van der Waals surface area (Å²) >= 11 is 0. The smallest absolute Gasteiger partial charge is 0.265 e. The van der Waals surface area contributed by atoms with Gasteiger partial charge in [-0.3, -0.25) is 10.2 Å². The molecule has 0 saturated carbocycles. The minimum absolute atomic E-state index is 0.231. The third kappa shape index (κ3) is 2.07. The molecule has 1 aliphatic rings. The molecule has 1 aliphatic carbocycles. The maximum Gasteiger partial charge on any atom is 0.265 e. The van der Waals surface area contributed by atoms with Crippen molar-refractivity contribution in [3.8, 4) is 0 Å². The van der Waals surface area contributed by atoms with Gasteiger partial charge in [-0.05, 0) is 42.5 Å². The molecule has 0 radical (unpaired) electrons. The van der Waals surface area contributed by atoms with Gasteiger partial charge in [-0.15, -0.1) is 0 Å². The van der Waals surface area contributed by atoms with Gasteiger partial charge in [0, 0.05) is 5.56 Å². The molecule has 2 rings (SSSR count). The number of nitrogens with two attached hydrogens (primary N) is 1.